The van der Waals surface area contributed by atoms with E-state index in [1.807, 2.05) is 0 Å². The van der Waals surface area contributed by atoms with Crippen molar-refractivity contribution < 1.29 is 32.7 Å². The highest BCUT2D eigenvalue weighted by atomic mass is 19.4. The minimum absolute atomic E-state index is 0.457. The van der Waals surface area contributed by atoms with E-state index in [-0.39, 0.29) is 0 Å². The largest absolute Gasteiger partial charge is 0.480 e. The van der Waals surface area contributed by atoms with Crippen molar-refractivity contribution in [3.8, 4) is 0 Å². The van der Waals surface area contributed by atoms with Gasteiger partial charge in [-0.05, 0) is 13.3 Å². The molecule has 0 radical (unpaired) electrons. The van der Waals surface area contributed by atoms with Crippen LogP contribution in [0.1, 0.15) is 19.8 Å². The number of hydrogen-bond donors (Lipinski definition) is 3. The fraction of sp³-hybridized carbons (Fsp3) is 0.625. The van der Waals surface area contributed by atoms with Crippen molar-refractivity contribution in [2.75, 3.05) is 0 Å². The first-order chi connectivity index (χ1) is 7.49. The van der Waals surface area contributed by atoms with E-state index in [4.69, 9.17) is 10.8 Å². The summed E-state index contributed by atoms with van der Waals surface area (Å²) in [5, 5.41) is 10.0. The standard InChI is InChI=1S/C8H11F3N2O4/c1-7(6(16)17,3-2-4(12)14)13-5(15)8(9,10)11/h2-3H2,1H3,(H2,12,14)(H,13,15)(H,16,17)/t7-/m1/s1. The molecule has 98 valence electrons. The maximum Gasteiger partial charge on any atom is 0.471 e. The molecule has 0 spiro atoms. The van der Waals surface area contributed by atoms with Gasteiger partial charge >= 0.3 is 18.1 Å². The lowest BCUT2D eigenvalue weighted by atomic mass is 9.95. The van der Waals surface area contributed by atoms with Crippen LogP contribution in [-0.4, -0.2) is 34.6 Å². The van der Waals surface area contributed by atoms with Gasteiger partial charge in [0.1, 0.15) is 5.54 Å². The maximum atomic E-state index is 11.9. The van der Waals surface area contributed by atoms with Crippen molar-refractivity contribution in [1.82, 2.24) is 5.32 Å². The highest BCUT2D eigenvalue weighted by Gasteiger charge is 2.45. The molecule has 0 aliphatic heterocycles. The van der Waals surface area contributed by atoms with Crippen molar-refractivity contribution in [3.05, 3.63) is 0 Å². The van der Waals surface area contributed by atoms with Crippen molar-refractivity contribution in [3.63, 3.8) is 0 Å². The first kappa shape index (κ1) is 15.2. The number of hydrogen-bond acceptors (Lipinski definition) is 3. The van der Waals surface area contributed by atoms with E-state index in [2.05, 4.69) is 0 Å². The van der Waals surface area contributed by atoms with Crippen LogP contribution in [-0.2, 0) is 14.4 Å². The zero-order chi connectivity index (χ0) is 13.9. The molecule has 6 nitrogen and oxygen atoms in total. The summed E-state index contributed by atoms with van der Waals surface area (Å²) in [6.07, 6.45) is -6.18. The topological polar surface area (TPSA) is 109 Å². The summed E-state index contributed by atoms with van der Waals surface area (Å²) in [6.45, 7) is 0.863. The van der Waals surface area contributed by atoms with Gasteiger partial charge in [0.15, 0.2) is 0 Å². The monoisotopic (exact) mass is 256 g/mol. The molecule has 1 atom stereocenters. The predicted molar refractivity (Wildman–Crippen MR) is 48.7 cm³/mol. The Balaban J connectivity index is 4.80. The Labute approximate surface area is 94.0 Å². The van der Waals surface area contributed by atoms with E-state index in [9.17, 15) is 27.6 Å². The van der Waals surface area contributed by atoms with E-state index in [1.165, 1.54) is 5.32 Å². The van der Waals surface area contributed by atoms with E-state index < -0.39 is 42.3 Å². The molecule has 0 heterocycles. The minimum Gasteiger partial charge on any atom is -0.480 e. The molecule has 4 N–H and O–H groups in total. The number of carboxylic acid groups (broad SMARTS) is 1. The Bertz CT molecular complexity index is 342. The molecule has 0 aromatic rings. The minimum atomic E-state index is -5.19. The van der Waals surface area contributed by atoms with Gasteiger partial charge in [-0.15, -0.1) is 0 Å². The van der Waals surface area contributed by atoms with Gasteiger partial charge in [-0.3, -0.25) is 9.59 Å². The Morgan fingerprint density at radius 1 is 1.29 bits per heavy atom. The number of carboxylic acids is 1. The summed E-state index contributed by atoms with van der Waals surface area (Å²) < 4.78 is 35.8. The van der Waals surface area contributed by atoms with Crippen molar-refractivity contribution in [2.24, 2.45) is 5.73 Å². The summed E-state index contributed by atoms with van der Waals surface area (Å²) in [4.78, 5) is 31.8. The van der Waals surface area contributed by atoms with Crippen molar-refractivity contribution in [2.45, 2.75) is 31.5 Å². The third-order valence-electron chi connectivity index (χ3n) is 1.99. The molecular weight excluding hydrogens is 245 g/mol. The summed E-state index contributed by atoms with van der Waals surface area (Å²) in [6, 6.07) is 0. The zero-order valence-electron chi connectivity index (χ0n) is 8.80. The molecule has 2 amide bonds. The summed E-state index contributed by atoms with van der Waals surface area (Å²) in [5.41, 5.74) is 2.56. The zero-order valence-corrected chi connectivity index (χ0v) is 8.80. The molecule has 17 heavy (non-hydrogen) atoms. The second-order valence-electron chi connectivity index (χ2n) is 3.56. The number of aliphatic carboxylic acids is 1. The fourth-order valence-corrected chi connectivity index (χ4v) is 0.918. The van der Waals surface area contributed by atoms with Gasteiger partial charge in [-0.25, -0.2) is 4.79 Å². The van der Waals surface area contributed by atoms with Crippen LogP contribution in [0.4, 0.5) is 13.2 Å². The first-order valence-corrected chi connectivity index (χ1v) is 4.40. The van der Waals surface area contributed by atoms with Crippen molar-refractivity contribution >= 4 is 17.8 Å². The lowest BCUT2D eigenvalue weighted by molar-refractivity contribution is -0.177. The predicted octanol–water partition coefficient (Wildman–Crippen LogP) is -0.226. The second-order valence-corrected chi connectivity index (χ2v) is 3.56. The Kier molecular flexibility index (Phi) is 4.49. The van der Waals surface area contributed by atoms with E-state index in [0.717, 1.165) is 6.92 Å². The average Bonchev–Trinajstić information content (AvgIpc) is 2.12. The number of alkyl halides is 3. The van der Waals surface area contributed by atoms with Gasteiger partial charge in [0, 0.05) is 6.42 Å². The third kappa shape index (κ3) is 4.70. The average molecular weight is 256 g/mol. The van der Waals surface area contributed by atoms with Gasteiger partial charge in [-0.2, -0.15) is 13.2 Å². The lowest BCUT2D eigenvalue weighted by Crippen LogP contribution is -2.56. The molecule has 0 aliphatic carbocycles. The van der Waals surface area contributed by atoms with Crippen LogP contribution >= 0.6 is 0 Å². The SMILES string of the molecule is C[C@](CCC(N)=O)(NC(=O)C(F)(F)F)C(=O)O. The number of rotatable bonds is 5. The number of carbonyl (C=O) groups excluding carboxylic acids is 2. The summed E-state index contributed by atoms with van der Waals surface area (Å²) in [7, 11) is 0. The second kappa shape index (κ2) is 5.02. The first-order valence-electron chi connectivity index (χ1n) is 4.40. The molecule has 0 aliphatic rings. The molecule has 0 unspecified atom stereocenters. The Morgan fingerprint density at radius 3 is 2.06 bits per heavy atom. The quantitative estimate of drug-likeness (QED) is 0.631. The van der Waals surface area contributed by atoms with E-state index >= 15 is 0 Å². The van der Waals surface area contributed by atoms with E-state index in [0.29, 0.717) is 0 Å². The van der Waals surface area contributed by atoms with Gasteiger partial charge in [0.25, 0.3) is 0 Å². The molecule has 0 saturated carbocycles. The summed E-state index contributed by atoms with van der Waals surface area (Å²) in [5.74, 6) is -4.94. The number of nitrogens with two attached hydrogens (primary N) is 1. The van der Waals surface area contributed by atoms with Gasteiger partial charge in [-0.1, -0.05) is 0 Å². The van der Waals surface area contributed by atoms with Crippen LogP contribution in [0.2, 0.25) is 0 Å². The van der Waals surface area contributed by atoms with Crippen LogP contribution in [0, 0.1) is 0 Å². The van der Waals surface area contributed by atoms with Crippen LogP contribution < -0.4 is 11.1 Å². The normalized spacial score (nSPS) is 14.8. The molecule has 9 heteroatoms. The smallest absolute Gasteiger partial charge is 0.471 e. The molecule has 0 bridgehead atoms. The molecule has 0 rings (SSSR count). The van der Waals surface area contributed by atoms with E-state index in [1.54, 1.807) is 0 Å². The number of primary amides is 1. The van der Waals surface area contributed by atoms with Gasteiger partial charge in [0.05, 0.1) is 0 Å². The van der Waals surface area contributed by atoms with Crippen LogP contribution in [0.3, 0.4) is 0 Å². The Hall–Kier alpha value is -1.80. The highest BCUT2D eigenvalue weighted by Crippen LogP contribution is 2.19. The van der Waals surface area contributed by atoms with Gasteiger partial charge < -0.3 is 16.2 Å². The summed E-state index contributed by atoms with van der Waals surface area (Å²) >= 11 is 0. The van der Waals surface area contributed by atoms with Crippen LogP contribution in [0.15, 0.2) is 0 Å². The highest BCUT2D eigenvalue weighted by molar-refractivity contribution is 5.89. The third-order valence-corrected chi connectivity index (χ3v) is 1.99. The maximum absolute atomic E-state index is 11.9. The molecule has 0 aromatic heterocycles. The molecule has 0 fully saturated rings. The number of nitrogens with one attached hydrogen (secondary N) is 1. The number of carbonyl (C=O) groups is 3. The van der Waals surface area contributed by atoms with Gasteiger partial charge in [0.2, 0.25) is 5.91 Å². The number of halogens is 3. The molecule has 0 saturated heterocycles. The molecular formula is C8H11F3N2O4. The van der Waals surface area contributed by atoms with Crippen molar-refractivity contribution in [1.29, 1.82) is 0 Å². The number of amides is 2. The van der Waals surface area contributed by atoms with Crippen LogP contribution in [0.5, 0.6) is 0 Å². The Morgan fingerprint density at radius 2 is 1.76 bits per heavy atom. The molecule has 0 aromatic carbocycles. The lowest BCUT2D eigenvalue weighted by Gasteiger charge is -2.26. The fourth-order valence-electron chi connectivity index (χ4n) is 0.918. The van der Waals surface area contributed by atoms with Crippen LogP contribution in [0.25, 0.3) is 0 Å².